The summed E-state index contributed by atoms with van der Waals surface area (Å²) in [5.74, 6) is -0.847. The van der Waals surface area contributed by atoms with Crippen LogP contribution in [0.2, 0.25) is 0 Å². The van der Waals surface area contributed by atoms with Crippen LogP contribution in [0, 0.1) is 5.92 Å². The van der Waals surface area contributed by atoms with Gasteiger partial charge in [-0.25, -0.2) is 18.5 Å². The van der Waals surface area contributed by atoms with Crippen molar-refractivity contribution in [3.8, 4) is 0 Å². The molecule has 10 heteroatoms. The Kier molecular flexibility index (Phi) is 4.47. The molecule has 130 valence electrons. The lowest BCUT2D eigenvalue weighted by Crippen LogP contribution is -2.54. The van der Waals surface area contributed by atoms with Crippen LogP contribution in [-0.4, -0.2) is 48.2 Å². The Morgan fingerprint density at radius 3 is 2.40 bits per heavy atom. The second kappa shape index (κ2) is 6.57. The minimum absolute atomic E-state index is 0.0325. The van der Waals surface area contributed by atoms with E-state index in [1.165, 1.54) is 47.8 Å². The van der Waals surface area contributed by atoms with Crippen LogP contribution in [0.3, 0.4) is 0 Å². The van der Waals surface area contributed by atoms with Crippen molar-refractivity contribution in [3.05, 3.63) is 48.5 Å². The van der Waals surface area contributed by atoms with E-state index in [9.17, 15) is 18.0 Å². The number of amides is 2. The summed E-state index contributed by atoms with van der Waals surface area (Å²) in [7, 11) is -3.77. The Morgan fingerprint density at radius 1 is 1.16 bits per heavy atom. The van der Waals surface area contributed by atoms with Crippen molar-refractivity contribution in [2.45, 2.75) is 4.90 Å². The summed E-state index contributed by atoms with van der Waals surface area (Å²) in [6.07, 6.45) is 4.29. The van der Waals surface area contributed by atoms with Crippen molar-refractivity contribution in [2.24, 2.45) is 11.1 Å². The maximum Gasteiger partial charge on any atom is 0.274 e. The van der Waals surface area contributed by atoms with E-state index in [1.54, 1.807) is 0 Å². The number of nitrogens with two attached hydrogens (primary N) is 1. The lowest BCUT2D eigenvalue weighted by molar-refractivity contribution is -0.123. The number of rotatable bonds is 4. The molecule has 9 nitrogen and oxygen atoms in total. The molecule has 2 heterocycles. The molecule has 1 aliphatic heterocycles. The molecular weight excluding hydrogens is 346 g/mol. The van der Waals surface area contributed by atoms with E-state index in [1.807, 2.05) is 0 Å². The molecule has 0 unspecified atom stereocenters. The molecule has 1 saturated heterocycles. The summed E-state index contributed by atoms with van der Waals surface area (Å²) in [5.41, 5.74) is 0.691. The Morgan fingerprint density at radius 2 is 1.84 bits per heavy atom. The maximum absolute atomic E-state index is 12.2. The second-order valence-electron chi connectivity index (χ2n) is 5.56. The molecule has 0 saturated carbocycles. The third-order valence-electron chi connectivity index (χ3n) is 3.77. The molecule has 0 spiro atoms. The minimum atomic E-state index is -3.77. The summed E-state index contributed by atoms with van der Waals surface area (Å²) >= 11 is 0. The van der Waals surface area contributed by atoms with Crippen molar-refractivity contribution in [3.63, 3.8) is 0 Å². The number of carbonyl (C=O) groups is 2. The van der Waals surface area contributed by atoms with E-state index in [-0.39, 0.29) is 41.4 Å². The number of hydrogen-bond donors (Lipinski definition) is 2. The topological polar surface area (TPSA) is 135 Å². The van der Waals surface area contributed by atoms with Crippen molar-refractivity contribution >= 4 is 27.5 Å². The first kappa shape index (κ1) is 17.0. The fourth-order valence-electron chi connectivity index (χ4n) is 2.35. The highest BCUT2D eigenvalue weighted by atomic mass is 32.2. The lowest BCUT2D eigenvalue weighted by atomic mass is 9.98. The molecule has 0 radical (unpaired) electrons. The highest BCUT2D eigenvalue weighted by Crippen LogP contribution is 2.20. The second-order valence-corrected chi connectivity index (χ2v) is 7.12. The van der Waals surface area contributed by atoms with Crippen molar-refractivity contribution < 1.29 is 18.0 Å². The van der Waals surface area contributed by atoms with Crippen molar-refractivity contribution in [1.82, 2.24) is 14.9 Å². The number of hydrogen-bond acceptors (Lipinski definition) is 6. The van der Waals surface area contributed by atoms with Gasteiger partial charge in [0.15, 0.2) is 0 Å². The van der Waals surface area contributed by atoms with Crippen LogP contribution in [0.5, 0.6) is 0 Å². The summed E-state index contributed by atoms with van der Waals surface area (Å²) in [5, 5.41) is 7.70. The zero-order valence-electron chi connectivity index (χ0n) is 13.0. The minimum Gasteiger partial charge on any atom is -0.336 e. The zero-order valence-corrected chi connectivity index (χ0v) is 13.8. The van der Waals surface area contributed by atoms with Gasteiger partial charge < -0.3 is 10.2 Å². The van der Waals surface area contributed by atoms with E-state index < -0.39 is 10.0 Å². The number of benzene rings is 1. The molecule has 1 aromatic heterocycles. The number of nitrogens with one attached hydrogen (secondary N) is 1. The highest BCUT2D eigenvalue weighted by Gasteiger charge is 2.36. The summed E-state index contributed by atoms with van der Waals surface area (Å²) in [6, 6.07) is 5.54. The number of likely N-dealkylation sites (tertiary alicyclic amines) is 1. The summed E-state index contributed by atoms with van der Waals surface area (Å²) in [6.45, 7) is 0.576. The van der Waals surface area contributed by atoms with Gasteiger partial charge in [-0.3, -0.25) is 14.6 Å². The molecule has 3 rings (SSSR count). The number of carbonyl (C=O) groups excluding carboxylic acids is 2. The van der Waals surface area contributed by atoms with Gasteiger partial charge in [-0.15, -0.1) is 0 Å². The highest BCUT2D eigenvalue weighted by molar-refractivity contribution is 7.89. The van der Waals surface area contributed by atoms with Crippen LogP contribution in [0.15, 0.2) is 47.8 Å². The Labute approximate surface area is 143 Å². The Hall–Kier alpha value is -2.85. The van der Waals surface area contributed by atoms with Gasteiger partial charge >= 0.3 is 0 Å². The zero-order chi connectivity index (χ0) is 18.0. The maximum atomic E-state index is 12.2. The van der Waals surface area contributed by atoms with Gasteiger partial charge in [-0.2, -0.15) is 0 Å². The van der Waals surface area contributed by atoms with Gasteiger partial charge in [0.05, 0.1) is 17.0 Å². The number of nitrogens with zero attached hydrogens (tertiary/aromatic N) is 3. The molecule has 0 bridgehead atoms. The molecule has 2 amide bonds. The molecule has 2 aromatic rings. The molecule has 25 heavy (non-hydrogen) atoms. The average molecular weight is 361 g/mol. The fourth-order valence-corrected chi connectivity index (χ4v) is 2.87. The molecule has 1 fully saturated rings. The molecule has 3 N–H and O–H groups in total. The fraction of sp³-hybridized carbons (Fsp3) is 0.200. The Balaban J connectivity index is 1.55. The van der Waals surface area contributed by atoms with Crippen LogP contribution in [0.1, 0.15) is 10.5 Å². The number of anilines is 1. The van der Waals surface area contributed by atoms with Crippen LogP contribution in [0.4, 0.5) is 5.69 Å². The summed E-state index contributed by atoms with van der Waals surface area (Å²) in [4.78, 5) is 33.5. The van der Waals surface area contributed by atoms with Crippen LogP contribution < -0.4 is 10.5 Å². The Bertz CT molecular complexity index is 893. The third kappa shape index (κ3) is 3.80. The number of primary sulfonamides is 1. The van der Waals surface area contributed by atoms with E-state index >= 15 is 0 Å². The van der Waals surface area contributed by atoms with Crippen LogP contribution >= 0.6 is 0 Å². The number of sulfonamides is 1. The van der Waals surface area contributed by atoms with Gasteiger partial charge in [0.2, 0.25) is 15.9 Å². The van der Waals surface area contributed by atoms with Crippen molar-refractivity contribution in [2.75, 3.05) is 18.4 Å². The lowest BCUT2D eigenvalue weighted by Gasteiger charge is -2.37. The molecule has 1 aromatic carbocycles. The van der Waals surface area contributed by atoms with Gasteiger partial charge in [0.1, 0.15) is 5.69 Å². The normalized spacial score (nSPS) is 14.7. The standard InChI is InChI=1S/C15H15N5O4S/c16-25(23,24)12-3-1-11(2-4-12)19-14(21)10-8-20(9-10)15(22)13-7-17-5-6-18-13/h1-7,10H,8-9H2,(H,19,21)(H2,16,23,24). The largest absolute Gasteiger partial charge is 0.336 e. The van der Waals surface area contributed by atoms with Crippen molar-refractivity contribution in [1.29, 1.82) is 0 Å². The smallest absolute Gasteiger partial charge is 0.274 e. The molecular formula is C15H15N5O4S. The van der Waals surface area contributed by atoms with E-state index in [2.05, 4.69) is 15.3 Å². The summed E-state index contributed by atoms with van der Waals surface area (Å²) < 4.78 is 22.4. The first-order valence-corrected chi connectivity index (χ1v) is 8.88. The van der Waals surface area contributed by atoms with Crippen LogP contribution in [-0.2, 0) is 14.8 Å². The van der Waals surface area contributed by atoms with Gasteiger partial charge in [0.25, 0.3) is 5.91 Å². The third-order valence-corrected chi connectivity index (χ3v) is 4.70. The van der Waals surface area contributed by atoms with Gasteiger partial charge in [-0.1, -0.05) is 0 Å². The quantitative estimate of drug-likeness (QED) is 0.776. The predicted molar refractivity (Wildman–Crippen MR) is 87.9 cm³/mol. The molecule has 1 aliphatic rings. The predicted octanol–water partition coefficient (Wildman–Crippen LogP) is -0.165. The van der Waals surface area contributed by atoms with E-state index in [0.717, 1.165) is 0 Å². The van der Waals surface area contributed by atoms with E-state index in [0.29, 0.717) is 5.69 Å². The first-order chi connectivity index (χ1) is 11.8. The molecule has 0 aliphatic carbocycles. The first-order valence-electron chi connectivity index (χ1n) is 7.33. The van der Waals surface area contributed by atoms with Gasteiger partial charge in [0, 0.05) is 31.2 Å². The van der Waals surface area contributed by atoms with Crippen LogP contribution in [0.25, 0.3) is 0 Å². The van der Waals surface area contributed by atoms with E-state index in [4.69, 9.17) is 5.14 Å². The SMILES string of the molecule is NS(=O)(=O)c1ccc(NC(=O)C2CN(C(=O)c3cnccn3)C2)cc1. The average Bonchev–Trinajstić information content (AvgIpc) is 2.54. The van der Waals surface area contributed by atoms with Gasteiger partial charge in [-0.05, 0) is 24.3 Å². The molecule has 0 atom stereocenters. The monoisotopic (exact) mass is 361 g/mol. The number of aromatic nitrogens is 2.